The number of nitrogens with one attached hydrogen (secondary N) is 2. The Balaban J connectivity index is 0.000000429. The Hall–Kier alpha value is -2.25. The van der Waals surface area contributed by atoms with Crippen LogP contribution in [0.25, 0.3) is 0 Å². The number of hydrogen-bond acceptors (Lipinski definition) is 9. The van der Waals surface area contributed by atoms with Gasteiger partial charge in [0.25, 0.3) is 5.91 Å². The zero-order chi connectivity index (χ0) is 26.0. The smallest absolute Gasteiger partial charge is 0.475 e. The number of carboxylic acid groups (broad SMARTS) is 1. The van der Waals surface area contributed by atoms with Crippen LogP contribution in [0.3, 0.4) is 0 Å². The van der Waals surface area contributed by atoms with Gasteiger partial charge >= 0.3 is 28.6 Å². The maximum Gasteiger partial charge on any atom is 0.490 e. The number of hydroxylamine groups is 3. The second kappa shape index (κ2) is 10.8. The van der Waals surface area contributed by atoms with Gasteiger partial charge in [-0.05, 0) is 38.8 Å². The van der Waals surface area contributed by atoms with Crippen molar-refractivity contribution in [3.63, 3.8) is 0 Å². The molecule has 4 atom stereocenters. The number of nitrogens with zero attached hydrogens (tertiary/aromatic N) is 3. The summed E-state index contributed by atoms with van der Waals surface area (Å²) in [5.74, 6) is -3.22. The van der Waals surface area contributed by atoms with Gasteiger partial charge < -0.3 is 15.3 Å². The first-order valence-electron chi connectivity index (χ1n) is 10.7. The van der Waals surface area contributed by atoms with Crippen molar-refractivity contribution in [2.45, 2.75) is 56.0 Å². The molecule has 3 amide bonds. The Morgan fingerprint density at radius 2 is 1.86 bits per heavy atom. The van der Waals surface area contributed by atoms with Gasteiger partial charge in [-0.3, -0.25) is 19.1 Å². The number of aliphatic carboxylic acids is 1. The number of carboxylic acids is 1. The number of rotatable bonds is 7. The fourth-order valence-corrected chi connectivity index (χ4v) is 4.68. The van der Waals surface area contributed by atoms with Crippen LogP contribution < -0.4 is 10.8 Å². The van der Waals surface area contributed by atoms with Crippen LogP contribution in [0.1, 0.15) is 25.7 Å². The molecule has 4 heterocycles. The Bertz CT molecular complexity index is 917. The first kappa shape index (κ1) is 27.3. The standard InChI is InChI=1S/C15H25N5O7S.C2HF3O2/c21-14(17-26-9-10-6-12(7-16-10)18-4-1-5-18)13-3-2-11-8-19(13)15(22)20(11)27-28(23,24)25;3-2(4,5)1(6)7/h10-13,16H,1-9H2,(H,17,21)(H,23,24,25);(H,6,7)/t10-,11-,12+,13+;/m1./s1. The minimum Gasteiger partial charge on any atom is -0.475 e. The molecule has 2 bridgehead atoms. The van der Waals surface area contributed by atoms with E-state index in [4.69, 9.17) is 19.3 Å². The van der Waals surface area contributed by atoms with Crippen LogP contribution in [-0.4, -0.2) is 114 Å². The molecule has 0 spiro atoms. The molecule has 4 rings (SSSR count). The minimum absolute atomic E-state index is 0.147. The quantitative estimate of drug-likeness (QED) is 0.236. The van der Waals surface area contributed by atoms with Gasteiger partial charge in [0.2, 0.25) is 0 Å². The molecule has 0 radical (unpaired) electrons. The zero-order valence-corrected chi connectivity index (χ0v) is 19.1. The van der Waals surface area contributed by atoms with Crippen molar-refractivity contribution in [2.75, 3.05) is 32.8 Å². The van der Waals surface area contributed by atoms with E-state index in [-0.39, 0.29) is 12.6 Å². The first-order valence-corrected chi connectivity index (χ1v) is 12.1. The van der Waals surface area contributed by atoms with Crippen LogP contribution in [0.2, 0.25) is 0 Å². The van der Waals surface area contributed by atoms with Gasteiger partial charge in [-0.15, -0.1) is 4.28 Å². The number of alkyl halides is 3. The fraction of sp³-hybridized carbons (Fsp3) is 0.824. The van der Waals surface area contributed by atoms with Crippen molar-refractivity contribution in [1.29, 1.82) is 0 Å². The third-order valence-electron chi connectivity index (χ3n) is 6.11. The normalized spacial score (nSPS) is 28.9. The Morgan fingerprint density at radius 3 is 2.40 bits per heavy atom. The van der Waals surface area contributed by atoms with Crippen molar-refractivity contribution < 1.29 is 54.8 Å². The largest absolute Gasteiger partial charge is 0.490 e. The number of piperidine rings is 1. The number of amides is 3. The molecule has 4 aliphatic rings. The molecule has 0 aromatic heterocycles. The predicted molar refractivity (Wildman–Crippen MR) is 108 cm³/mol. The van der Waals surface area contributed by atoms with Crippen LogP contribution in [-0.2, 0) is 29.1 Å². The van der Waals surface area contributed by atoms with Crippen molar-refractivity contribution in [3.05, 3.63) is 0 Å². The summed E-state index contributed by atoms with van der Waals surface area (Å²) >= 11 is 0. The zero-order valence-electron chi connectivity index (χ0n) is 18.3. The van der Waals surface area contributed by atoms with Crippen molar-refractivity contribution >= 4 is 28.3 Å². The third-order valence-corrected chi connectivity index (χ3v) is 6.45. The summed E-state index contributed by atoms with van der Waals surface area (Å²) < 4.78 is 66.7. The molecule has 14 nitrogen and oxygen atoms in total. The molecule has 0 aromatic carbocycles. The topological polar surface area (TPSA) is 178 Å². The van der Waals surface area contributed by atoms with E-state index in [9.17, 15) is 31.2 Å². The van der Waals surface area contributed by atoms with Gasteiger partial charge in [0.1, 0.15) is 6.04 Å². The second-order valence-electron chi connectivity index (χ2n) is 8.47. The highest BCUT2D eigenvalue weighted by molar-refractivity contribution is 7.80. The van der Waals surface area contributed by atoms with Crippen LogP contribution in [0.4, 0.5) is 18.0 Å². The second-order valence-corrected chi connectivity index (χ2v) is 9.48. The first-order chi connectivity index (χ1) is 16.3. The van der Waals surface area contributed by atoms with Gasteiger partial charge in [-0.2, -0.15) is 26.7 Å². The lowest BCUT2D eigenvalue weighted by Gasteiger charge is -2.36. The van der Waals surface area contributed by atoms with Crippen LogP contribution >= 0.6 is 0 Å². The number of halogens is 3. The van der Waals surface area contributed by atoms with E-state index < -0.39 is 46.6 Å². The number of carbonyl (C=O) groups is 3. The number of hydrogen-bond donors (Lipinski definition) is 4. The molecule has 0 unspecified atom stereocenters. The highest BCUT2D eigenvalue weighted by Crippen LogP contribution is 2.30. The summed E-state index contributed by atoms with van der Waals surface area (Å²) in [6, 6.07) is -1.39. The van der Waals surface area contributed by atoms with E-state index in [1.807, 2.05) is 0 Å². The lowest BCUT2D eigenvalue weighted by Crippen LogP contribution is -2.50. The van der Waals surface area contributed by atoms with Crippen molar-refractivity contribution in [3.8, 4) is 0 Å². The molecule has 4 fully saturated rings. The van der Waals surface area contributed by atoms with Gasteiger partial charge in [0.05, 0.1) is 12.6 Å². The average Bonchev–Trinajstić information content (AvgIpc) is 3.24. The van der Waals surface area contributed by atoms with E-state index in [2.05, 4.69) is 20.0 Å². The number of carbonyl (C=O) groups excluding carboxylic acids is 2. The van der Waals surface area contributed by atoms with Crippen LogP contribution in [0.15, 0.2) is 0 Å². The summed E-state index contributed by atoms with van der Waals surface area (Å²) in [5.41, 5.74) is 2.40. The SMILES string of the molecule is O=C(NOC[C@H]1C[C@H](N2CCC2)CN1)[C@@H]1CC[C@@H]2CN1C(=O)N2OS(=O)(=O)O.O=C(O)C(F)(F)F. The molecule has 18 heteroatoms. The highest BCUT2D eigenvalue weighted by atomic mass is 32.3. The Kier molecular flexibility index (Phi) is 8.43. The monoisotopic (exact) mass is 533 g/mol. The molecule has 35 heavy (non-hydrogen) atoms. The summed E-state index contributed by atoms with van der Waals surface area (Å²) in [4.78, 5) is 42.7. The highest BCUT2D eigenvalue weighted by Gasteiger charge is 2.49. The van der Waals surface area contributed by atoms with E-state index in [1.54, 1.807) is 0 Å². The fourth-order valence-electron chi connectivity index (χ4n) is 4.29. The van der Waals surface area contributed by atoms with Crippen molar-refractivity contribution in [1.82, 2.24) is 25.7 Å². The van der Waals surface area contributed by atoms with E-state index in [0.717, 1.165) is 26.1 Å². The summed E-state index contributed by atoms with van der Waals surface area (Å²) in [5, 5.41) is 11.1. The number of fused-ring (bicyclic) bond motifs is 2. The Labute approximate surface area is 198 Å². The maximum atomic E-state index is 12.4. The van der Waals surface area contributed by atoms with E-state index >= 15 is 0 Å². The summed E-state index contributed by atoms with van der Waals surface area (Å²) in [6.45, 7) is 3.67. The lowest BCUT2D eigenvalue weighted by molar-refractivity contribution is -0.192. The van der Waals surface area contributed by atoms with Gasteiger partial charge in [-0.25, -0.2) is 15.1 Å². The predicted octanol–water partition coefficient (Wildman–Crippen LogP) is -0.893. The molecular weight excluding hydrogens is 507 g/mol. The molecule has 4 saturated heterocycles. The molecular formula is C17H26F3N5O9S. The molecule has 4 aliphatic heterocycles. The maximum absolute atomic E-state index is 12.4. The molecule has 4 N–H and O–H groups in total. The molecule has 0 aliphatic carbocycles. The Morgan fingerprint density at radius 1 is 1.20 bits per heavy atom. The molecule has 0 aromatic rings. The van der Waals surface area contributed by atoms with Gasteiger partial charge in [-0.1, -0.05) is 0 Å². The van der Waals surface area contributed by atoms with E-state index in [0.29, 0.717) is 30.6 Å². The van der Waals surface area contributed by atoms with Crippen LogP contribution in [0, 0.1) is 0 Å². The van der Waals surface area contributed by atoms with Crippen LogP contribution in [0.5, 0.6) is 0 Å². The minimum atomic E-state index is -5.08. The number of urea groups is 1. The summed E-state index contributed by atoms with van der Waals surface area (Å²) in [7, 11) is -4.81. The molecule has 0 saturated carbocycles. The summed E-state index contributed by atoms with van der Waals surface area (Å²) in [6.07, 6.45) is -2.15. The average molecular weight is 533 g/mol. The van der Waals surface area contributed by atoms with Crippen molar-refractivity contribution in [2.24, 2.45) is 0 Å². The van der Waals surface area contributed by atoms with Gasteiger partial charge in [0, 0.05) is 25.2 Å². The third kappa shape index (κ3) is 7.14. The van der Waals surface area contributed by atoms with E-state index in [1.165, 1.54) is 11.3 Å². The lowest BCUT2D eigenvalue weighted by atomic mass is 10.0. The van der Waals surface area contributed by atoms with Gasteiger partial charge in [0.15, 0.2) is 0 Å². The number of likely N-dealkylation sites (tertiary alicyclic amines) is 1. The molecule has 200 valence electrons.